The predicted octanol–water partition coefficient (Wildman–Crippen LogP) is 3.09. The smallest absolute Gasteiger partial charge is 0.238 e. The highest BCUT2D eigenvalue weighted by Crippen LogP contribution is 2.27. The number of nitrogens with zero attached hydrogens (tertiary/aromatic N) is 2. The molecule has 0 radical (unpaired) electrons. The van der Waals surface area contributed by atoms with Gasteiger partial charge in [-0.2, -0.15) is 0 Å². The third-order valence-electron chi connectivity index (χ3n) is 4.90. The van der Waals surface area contributed by atoms with Crippen LogP contribution in [-0.4, -0.2) is 24.7 Å². The average molecular weight is 360 g/mol. The molecule has 2 atom stereocenters. The Bertz CT molecular complexity index is 850. The minimum absolute atomic E-state index is 0.116. The first-order valence-corrected chi connectivity index (χ1v) is 10.1. The fraction of sp³-hybridized carbons (Fsp3) is 0.444. The third-order valence-corrected chi connectivity index (χ3v) is 5.95. The second-order valence-corrected chi connectivity index (χ2v) is 8.37. The number of aryl methyl sites for hydroxylation is 1. The molecule has 1 aliphatic rings. The van der Waals surface area contributed by atoms with Gasteiger partial charge in [0.25, 0.3) is 0 Å². The molecule has 134 valence electrons. The van der Waals surface area contributed by atoms with Crippen molar-refractivity contribution in [1.82, 2.24) is 10.2 Å². The molecular formula is C18H24N4O2S. The Morgan fingerprint density at radius 3 is 2.52 bits per heavy atom. The summed E-state index contributed by atoms with van der Waals surface area (Å²) in [4.78, 5) is 0.116. The van der Waals surface area contributed by atoms with Crippen molar-refractivity contribution in [2.24, 2.45) is 11.1 Å². The van der Waals surface area contributed by atoms with Gasteiger partial charge >= 0.3 is 0 Å². The van der Waals surface area contributed by atoms with Crippen molar-refractivity contribution in [3.63, 3.8) is 0 Å². The molecule has 0 bridgehead atoms. The van der Waals surface area contributed by atoms with Gasteiger partial charge in [0.05, 0.1) is 10.6 Å². The van der Waals surface area contributed by atoms with Crippen molar-refractivity contribution in [3.05, 3.63) is 35.9 Å². The first-order valence-electron chi connectivity index (χ1n) is 8.58. The van der Waals surface area contributed by atoms with Gasteiger partial charge in [0.1, 0.15) is 5.82 Å². The molecule has 0 saturated heterocycles. The van der Waals surface area contributed by atoms with Crippen LogP contribution < -0.4 is 10.5 Å². The van der Waals surface area contributed by atoms with E-state index in [1.165, 1.54) is 19.3 Å². The summed E-state index contributed by atoms with van der Waals surface area (Å²) in [5.74, 6) is 1.38. The number of hydrogen-bond acceptors (Lipinski definition) is 5. The maximum absolute atomic E-state index is 11.7. The van der Waals surface area contributed by atoms with Crippen LogP contribution in [0.1, 0.15) is 38.2 Å². The molecule has 3 rings (SSSR count). The fourth-order valence-corrected chi connectivity index (χ4v) is 4.16. The van der Waals surface area contributed by atoms with Gasteiger partial charge in [-0.15, -0.1) is 10.2 Å². The molecule has 2 aromatic rings. The topological polar surface area (TPSA) is 98.0 Å². The molecule has 7 heteroatoms. The predicted molar refractivity (Wildman–Crippen MR) is 98.6 cm³/mol. The highest BCUT2D eigenvalue weighted by atomic mass is 32.2. The second kappa shape index (κ2) is 7.09. The molecule has 1 fully saturated rings. The van der Waals surface area contributed by atoms with Crippen LogP contribution >= 0.6 is 0 Å². The monoisotopic (exact) mass is 360 g/mol. The van der Waals surface area contributed by atoms with Crippen molar-refractivity contribution in [2.75, 3.05) is 5.32 Å². The van der Waals surface area contributed by atoms with E-state index in [0.29, 0.717) is 28.8 Å². The van der Waals surface area contributed by atoms with Gasteiger partial charge in [-0.25, -0.2) is 13.6 Å². The Morgan fingerprint density at radius 1 is 1.12 bits per heavy atom. The largest absolute Gasteiger partial charge is 0.366 e. The van der Waals surface area contributed by atoms with Crippen molar-refractivity contribution in [1.29, 1.82) is 0 Å². The van der Waals surface area contributed by atoms with Gasteiger partial charge in [-0.05, 0) is 49.4 Å². The van der Waals surface area contributed by atoms with E-state index in [1.54, 1.807) is 19.1 Å². The van der Waals surface area contributed by atoms with Crippen LogP contribution in [0, 0.1) is 12.8 Å². The summed E-state index contributed by atoms with van der Waals surface area (Å²) in [5, 5.41) is 17.2. The summed E-state index contributed by atoms with van der Waals surface area (Å²) in [7, 11) is -3.76. The minimum atomic E-state index is -3.76. The fourth-order valence-electron chi connectivity index (χ4n) is 3.35. The number of aromatic nitrogens is 2. The van der Waals surface area contributed by atoms with Crippen LogP contribution in [-0.2, 0) is 10.0 Å². The van der Waals surface area contributed by atoms with Gasteiger partial charge in [0, 0.05) is 11.6 Å². The zero-order valence-corrected chi connectivity index (χ0v) is 15.4. The Hall–Kier alpha value is -1.99. The highest BCUT2D eigenvalue weighted by molar-refractivity contribution is 7.89. The van der Waals surface area contributed by atoms with E-state index in [4.69, 9.17) is 5.14 Å². The first kappa shape index (κ1) is 17.8. The summed E-state index contributed by atoms with van der Waals surface area (Å²) < 4.78 is 23.4. The Labute approximate surface area is 148 Å². The lowest BCUT2D eigenvalue weighted by molar-refractivity contribution is 0.349. The van der Waals surface area contributed by atoms with Crippen molar-refractivity contribution in [3.8, 4) is 11.3 Å². The van der Waals surface area contributed by atoms with Crippen LogP contribution in [0.2, 0.25) is 0 Å². The standard InChI is InChI=1S/C18H24N4O2S/c1-12-5-3-4-6-15(12)20-18-10-9-16(21-22-18)14-8-7-13(2)17(11-14)25(19,23)24/h7-12,15H,3-6H2,1-2H3,(H,20,22)(H2,19,23,24)/t12-,15+/m1/s1. The lowest BCUT2D eigenvalue weighted by Crippen LogP contribution is -2.30. The number of nitrogens with one attached hydrogen (secondary N) is 1. The molecule has 1 saturated carbocycles. The number of rotatable bonds is 4. The van der Waals surface area contributed by atoms with E-state index < -0.39 is 10.0 Å². The molecule has 6 nitrogen and oxygen atoms in total. The molecule has 1 aliphatic carbocycles. The van der Waals surface area contributed by atoms with Crippen LogP contribution in [0.4, 0.5) is 5.82 Å². The molecule has 0 aliphatic heterocycles. The minimum Gasteiger partial charge on any atom is -0.366 e. The van der Waals surface area contributed by atoms with Gasteiger partial charge in [-0.1, -0.05) is 31.9 Å². The first-order chi connectivity index (χ1) is 11.8. The normalized spacial score (nSPS) is 21.1. The lowest BCUT2D eigenvalue weighted by Gasteiger charge is -2.29. The number of benzene rings is 1. The SMILES string of the molecule is Cc1ccc(-c2ccc(N[C@H]3CCCC[C@H]3C)nn2)cc1S(N)(=O)=O. The molecule has 1 aromatic carbocycles. The molecule has 25 heavy (non-hydrogen) atoms. The second-order valence-electron chi connectivity index (χ2n) is 6.84. The molecule has 1 heterocycles. The quantitative estimate of drug-likeness (QED) is 0.873. The molecule has 0 unspecified atom stereocenters. The summed E-state index contributed by atoms with van der Waals surface area (Å²) in [6, 6.07) is 9.27. The van der Waals surface area contributed by atoms with E-state index in [9.17, 15) is 8.42 Å². The molecule has 0 spiro atoms. The van der Waals surface area contributed by atoms with Crippen molar-refractivity contribution < 1.29 is 8.42 Å². The van der Waals surface area contributed by atoms with Gasteiger partial charge < -0.3 is 5.32 Å². The Morgan fingerprint density at radius 2 is 1.88 bits per heavy atom. The Kier molecular flexibility index (Phi) is 5.06. The van der Waals surface area contributed by atoms with Crippen molar-refractivity contribution in [2.45, 2.75) is 50.5 Å². The van der Waals surface area contributed by atoms with Gasteiger partial charge in [0.15, 0.2) is 0 Å². The van der Waals surface area contributed by atoms with E-state index in [0.717, 1.165) is 12.2 Å². The van der Waals surface area contributed by atoms with Gasteiger partial charge in [-0.3, -0.25) is 0 Å². The molecule has 0 amide bonds. The molecular weight excluding hydrogens is 336 g/mol. The third kappa shape index (κ3) is 4.16. The summed E-state index contributed by atoms with van der Waals surface area (Å²) in [5.41, 5.74) is 1.91. The number of nitrogens with two attached hydrogens (primary N) is 1. The van der Waals surface area contributed by atoms with Crippen LogP contribution in [0.5, 0.6) is 0 Å². The number of hydrogen-bond donors (Lipinski definition) is 2. The summed E-state index contributed by atoms with van der Waals surface area (Å²) >= 11 is 0. The van der Waals surface area contributed by atoms with Crippen LogP contribution in [0.15, 0.2) is 35.2 Å². The van der Waals surface area contributed by atoms with E-state index in [-0.39, 0.29) is 4.90 Å². The number of primary sulfonamides is 1. The van der Waals surface area contributed by atoms with E-state index in [1.807, 2.05) is 18.2 Å². The maximum Gasteiger partial charge on any atom is 0.238 e. The molecule has 3 N–H and O–H groups in total. The zero-order chi connectivity index (χ0) is 18.0. The zero-order valence-electron chi connectivity index (χ0n) is 14.6. The van der Waals surface area contributed by atoms with Crippen molar-refractivity contribution >= 4 is 15.8 Å². The number of sulfonamides is 1. The van der Waals surface area contributed by atoms with E-state index >= 15 is 0 Å². The molecule has 1 aromatic heterocycles. The highest BCUT2D eigenvalue weighted by Gasteiger charge is 2.21. The van der Waals surface area contributed by atoms with E-state index in [2.05, 4.69) is 22.4 Å². The number of anilines is 1. The maximum atomic E-state index is 11.7. The van der Waals surface area contributed by atoms with Crippen LogP contribution in [0.3, 0.4) is 0 Å². The average Bonchev–Trinajstić information content (AvgIpc) is 2.57. The summed E-state index contributed by atoms with van der Waals surface area (Å²) in [6.07, 6.45) is 4.93. The van der Waals surface area contributed by atoms with Gasteiger partial charge in [0.2, 0.25) is 10.0 Å². The lowest BCUT2D eigenvalue weighted by atomic mass is 9.86. The Balaban J connectivity index is 1.81. The van der Waals surface area contributed by atoms with Crippen LogP contribution in [0.25, 0.3) is 11.3 Å². The summed E-state index contributed by atoms with van der Waals surface area (Å²) in [6.45, 7) is 3.98.